The fourth-order valence-corrected chi connectivity index (χ4v) is 7.59. The molecule has 1 N–H and O–H groups in total. The second kappa shape index (κ2) is 7.70. The van der Waals surface area contributed by atoms with Crippen LogP contribution >= 0.6 is 0 Å². The molecule has 0 spiro atoms. The zero-order chi connectivity index (χ0) is 21.0. The van der Waals surface area contributed by atoms with Crippen LogP contribution in [-0.2, 0) is 0 Å². The van der Waals surface area contributed by atoms with E-state index < -0.39 is 0 Å². The molecule has 0 heterocycles. The number of fused-ring (bicyclic) bond motifs is 5. The topological polar surface area (TPSA) is 20.2 Å². The summed E-state index contributed by atoms with van der Waals surface area (Å²) in [6.45, 7) is 14.6. The predicted octanol–water partition coefficient (Wildman–Crippen LogP) is 7.33. The maximum atomic E-state index is 10.2. The van der Waals surface area contributed by atoms with E-state index in [1.54, 1.807) is 5.57 Å². The Hall–Kier alpha value is -0.820. The van der Waals surface area contributed by atoms with Crippen LogP contribution in [0.4, 0.5) is 0 Å². The molecule has 4 aliphatic rings. The Morgan fingerprint density at radius 1 is 0.931 bits per heavy atom. The standard InChI is InChI=1S/C28H44O/c1-18(2)19(3)7-8-20(4)24-11-12-25-23-10-9-21-17-22(29)13-15-27(21,5)26(23)14-16-28(24,25)6/h7-10,18-20,22,24-26,29H,11-17H2,1-6H3/b8-7+/t19-,20?,22-,24+,25-,26-,27-,28+/m0/s1. The minimum Gasteiger partial charge on any atom is -0.393 e. The lowest BCUT2D eigenvalue weighted by molar-refractivity contribution is 0.0382. The zero-order valence-corrected chi connectivity index (χ0v) is 19.7. The van der Waals surface area contributed by atoms with Gasteiger partial charge >= 0.3 is 0 Å². The number of aliphatic hydroxyl groups is 1. The van der Waals surface area contributed by atoms with Crippen LogP contribution in [0.1, 0.15) is 86.5 Å². The van der Waals surface area contributed by atoms with Gasteiger partial charge in [0.2, 0.25) is 0 Å². The molecule has 1 nitrogen and oxygen atoms in total. The SMILES string of the molecule is CC(/C=C/[C@H](C)C(C)C)[C@H]1CC[C@H]2C3=CC=C4C[C@@H](O)CC[C@]4(C)[C@H]3CC[C@]12C. The normalized spacial score (nSPS) is 44.0. The van der Waals surface area contributed by atoms with Crippen molar-refractivity contribution in [3.05, 3.63) is 35.5 Å². The van der Waals surface area contributed by atoms with Crippen molar-refractivity contribution in [1.82, 2.24) is 0 Å². The summed E-state index contributed by atoms with van der Waals surface area (Å²) in [6, 6.07) is 0. The summed E-state index contributed by atoms with van der Waals surface area (Å²) in [5.41, 5.74) is 4.07. The van der Waals surface area contributed by atoms with Gasteiger partial charge in [0, 0.05) is 0 Å². The lowest BCUT2D eigenvalue weighted by Crippen LogP contribution is -2.46. The minimum atomic E-state index is -0.116. The molecule has 29 heavy (non-hydrogen) atoms. The summed E-state index contributed by atoms with van der Waals surface area (Å²) in [6.07, 6.45) is 18.4. The Balaban J connectivity index is 1.57. The van der Waals surface area contributed by atoms with Gasteiger partial charge in [0.25, 0.3) is 0 Å². The Labute approximate surface area is 179 Å². The lowest BCUT2D eigenvalue weighted by atomic mass is 9.50. The summed E-state index contributed by atoms with van der Waals surface area (Å²) < 4.78 is 0. The maximum absolute atomic E-state index is 10.2. The van der Waals surface area contributed by atoms with Crippen LogP contribution in [0.25, 0.3) is 0 Å². The average Bonchev–Trinajstić information content (AvgIpc) is 3.03. The predicted molar refractivity (Wildman–Crippen MR) is 123 cm³/mol. The van der Waals surface area contributed by atoms with E-state index in [0.717, 1.165) is 36.5 Å². The first-order chi connectivity index (χ1) is 13.7. The monoisotopic (exact) mass is 396 g/mol. The molecule has 0 aromatic rings. The molecule has 4 rings (SSSR count). The van der Waals surface area contributed by atoms with Gasteiger partial charge in [-0.05, 0) is 91.3 Å². The second-order valence-corrected chi connectivity index (χ2v) is 11.9. The van der Waals surface area contributed by atoms with E-state index in [4.69, 9.17) is 0 Å². The number of rotatable bonds is 4. The van der Waals surface area contributed by atoms with E-state index in [1.807, 2.05) is 0 Å². The van der Waals surface area contributed by atoms with Crippen molar-refractivity contribution in [3.8, 4) is 0 Å². The number of hydrogen-bond donors (Lipinski definition) is 1. The van der Waals surface area contributed by atoms with Crippen LogP contribution in [0, 0.1) is 46.3 Å². The third-order valence-corrected chi connectivity index (χ3v) is 10.0. The van der Waals surface area contributed by atoms with Gasteiger partial charge in [-0.15, -0.1) is 0 Å². The fourth-order valence-electron chi connectivity index (χ4n) is 7.59. The summed E-state index contributed by atoms with van der Waals surface area (Å²) in [5.74, 6) is 4.38. The van der Waals surface area contributed by atoms with Crippen LogP contribution in [0.15, 0.2) is 35.5 Å². The molecule has 8 atom stereocenters. The Morgan fingerprint density at radius 3 is 2.41 bits per heavy atom. The Kier molecular flexibility index (Phi) is 5.69. The smallest absolute Gasteiger partial charge is 0.0578 e. The molecule has 0 aromatic carbocycles. The first-order valence-electron chi connectivity index (χ1n) is 12.4. The summed E-state index contributed by atoms with van der Waals surface area (Å²) in [5, 5.41) is 10.2. The van der Waals surface area contributed by atoms with Crippen molar-refractivity contribution in [2.75, 3.05) is 0 Å². The third kappa shape index (κ3) is 3.50. The van der Waals surface area contributed by atoms with Crippen molar-refractivity contribution >= 4 is 0 Å². The fraction of sp³-hybridized carbons (Fsp3) is 0.786. The van der Waals surface area contributed by atoms with Crippen molar-refractivity contribution in [3.63, 3.8) is 0 Å². The highest BCUT2D eigenvalue weighted by Gasteiger charge is 2.56. The van der Waals surface area contributed by atoms with E-state index in [1.165, 1.54) is 37.7 Å². The zero-order valence-electron chi connectivity index (χ0n) is 19.7. The average molecular weight is 397 g/mol. The minimum absolute atomic E-state index is 0.116. The van der Waals surface area contributed by atoms with Gasteiger partial charge < -0.3 is 5.11 Å². The van der Waals surface area contributed by atoms with Gasteiger partial charge in [0.05, 0.1) is 6.10 Å². The molecule has 4 aliphatic carbocycles. The highest BCUT2D eigenvalue weighted by atomic mass is 16.3. The van der Waals surface area contributed by atoms with Crippen LogP contribution in [0.3, 0.4) is 0 Å². The molecule has 0 aliphatic heterocycles. The molecule has 0 radical (unpaired) electrons. The van der Waals surface area contributed by atoms with Crippen LogP contribution < -0.4 is 0 Å². The largest absolute Gasteiger partial charge is 0.393 e. The molecular formula is C28H44O. The van der Waals surface area contributed by atoms with Crippen LogP contribution in [0.2, 0.25) is 0 Å². The summed E-state index contributed by atoms with van der Waals surface area (Å²) >= 11 is 0. The molecule has 1 heteroatoms. The number of hydrogen-bond acceptors (Lipinski definition) is 1. The second-order valence-electron chi connectivity index (χ2n) is 11.9. The van der Waals surface area contributed by atoms with E-state index in [2.05, 4.69) is 65.8 Å². The molecule has 0 amide bonds. The van der Waals surface area contributed by atoms with Crippen LogP contribution in [0.5, 0.6) is 0 Å². The molecule has 3 saturated carbocycles. The van der Waals surface area contributed by atoms with Crippen molar-refractivity contribution in [2.24, 2.45) is 46.3 Å². The maximum Gasteiger partial charge on any atom is 0.0578 e. The van der Waals surface area contributed by atoms with Gasteiger partial charge in [-0.2, -0.15) is 0 Å². The molecular weight excluding hydrogens is 352 g/mol. The number of allylic oxidation sites excluding steroid dienone is 5. The quantitative estimate of drug-likeness (QED) is 0.493. The van der Waals surface area contributed by atoms with Crippen LogP contribution in [-0.4, -0.2) is 11.2 Å². The van der Waals surface area contributed by atoms with E-state index in [-0.39, 0.29) is 6.10 Å². The molecule has 0 saturated heterocycles. The first-order valence-corrected chi connectivity index (χ1v) is 12.4. The van der Waals surface area contributed by atoms with Gasteiger partial charge in [0.15, 0.2) is 0 Å². The Bertz CT molecular complexity index is 712. The third-order valence-electron chi connectivity index (χ3n) is 10.0. The Morgan fingerprint density at radius 2 is 1.69 bits per heavy atom. The molecule has 162 valence electrons. The first kappa shape index (κ1) is 21.4. The molecule has 0 bridgehead atoms. The van der Waals surface area contributed by atoms with Crippen molar-refractivity contribution in [1.29, 1.82) is 0 Å². The lowest BCUT2D eigenvalue weighted by Gasteiger charge is -2.55. The highest BCUT2D eigenvalue weighted by molar-refractivity contribution is 5.39. The van der Waals surface area contributed by atoms with Crippen molar-refractivity contribution in [2.45, 2.75) is 92.6 Å². The molecule has 0 aromatic heterocycles. The summed E-state index contributed by atoms with van der Waals surface area (Å²) in [7, 11) is 0. The molecule has 3 fully saturated rings. The van der Waals surface area contributed by atoms with E-state index in [0.29, 0.717) is 22.7 Å². The number of aliphatic hydroxyl groups excluding tert-OH is 1. The highest BCUT2D eigenvalue weighted by Crippen LogP contribution is 2.65. The van der Waals surface area contributed by atoms with Crippen molar-refractivity contribution < 1.29 is 5.11 Å². The van der Waals surface area contributed by atoms with E-state index >= 15 is 0 Å². The summed E-state index contributed by atoms with van der Waals surface area (Å²) in [4.78, 5) is 0. The van der Waals surface area contributed by atoms with Gasteiger partial charge in [-0.1, -0.05) is 77.0 Å². The van der Waals surface area contributed by atoms with Gasteiger partial charge in [-0.3, -0.25) is 0 Å². The van der Waals surface area contributed by atoms with Gasteiger partial charge in [0.1, 0.15) is 0 Å². The molecule has 1 unspecified atom stereocenters. The van der Waals surface area contributed by atoms with Gasteiger partial charge in [-0.25, -0.2) is 0 Å². The van der Waals surface area contributed by atoms with E-state index in [9.17, 15) is 5.11 Å².